The molecule has 0 atom stereocenters. The fraction of sp³-hybridized carbons (Fsp3) is 0.0526. The summed E-state index contributed by atoms with van der Waals surface area (Å²) in [6.45, 7) is 0. The number of nitrogens with zero attached hydrogens (tertiary/aromatic N) is 2. The van der Waals surface area contributed by atoms with Gasteiger partial charge in [0.05, 0.1) is 4.90 Å². The van der Waals surface area contributed by atoms with Gasteiger partial charge in [0.25, 0.3) is 5.91 Å². The first-order valence-electron chi connectivity index (χ1n) is 8.02. The minimum absolute atomic E-state index is 0.179. The van der Waals surface area contributed by atoms with E-state index in [9.17, 15) is 13.2 Å². The molecule has 0 saturated heterocycles. The highest BCUT2D eigenvalue weighted by molar-refractivity contribution is 7.90. The van der Waals surface area contributed by atoms with Crippen LogP contribution in [0.2, 0.25) is 5.02 Å². The summed E-state index contributed by atoms with van der Waals surface area (Å²) in [5, 5.41) is 3.95. The molecule has 144 valence electrons. The van der Waals surface area contributed by atoms with Gasteiger partial charge in [0, 0.05) is 28.3 Å². The number of aromatic nitrogens is 1. The monoisotopic (exact) mass is 433 g/mol. The van der Waals surface area contributed by atoms with Crippen LogP contribution in [-0.4, -0.2) is 25.6 Å². The van der Waals surface area contributed by atoms with Gasteiger partial charge in [-0.15, -0.1) is 11.3 Å². The number of hydrogen-bond donors (Lipinski definition) is 1. The maximum Gasteiger partial charge on any atom is 0.266 e. The smallest absolute Gasteiger partial charge is 0.266 e. The highest BCUT2D eigenvalue weighted by Crippen LogP contribution is 2.28. The van der Waals surface area contributed by atoms with Crippen molar-refractivity contribution in [2.24, 2.45) is 5.84 Å². The zero-order chi connectivity index (χ0) is 20.3. The van der Waals surface area contributed by atoms with Crippen molar-refractivity contribution in [3.63, 3.8) is 0 Å². The average molecular weight is 434 g/mol. The lowest BCUT2D eigenvalue weighted by Gasteiger charge is -2.10. The number of benzene rings is 2. The molecule has 1 aromatic heterocycles. The zero-order valence-corrected chi connectivity index (χ0v) is 17.1. The van der Waals surface area contributed by atoms with Crippen LogP contribution in [0.5, 0.6) is 0 Å². The van der Waals surface area contributed by atoms with Crippen LogP contribution in [0.3, 0.4) is 0 Å². The molecule has 3 rings (SSSR count). The number of hydrogen-bond acceptors (Lipinski definition) is 6. The Hall–Kier alpha value is -2.52. The van der Waals surface area contributed by atoms with E-state index >= 15 is 0 Å². The molecule has 0 bridgehead atoms. The Bertz CT molecular complexity index is 1140. The summed E-state index contributed by atoms with van der Waals surface area (Å²) in [5.74, 6) is 5.70. The van der Waals surface area contributed by atoms with E-state index in [1.54, 1.807) is 29.6 Å². The van der Waals surface area contributed by atoms with Crippen LogP contribution in [-0.2, 0) is 14.6 Å². The largest absolute Gasteiger partial charge is 0.268 e. The molecule has 28 heavy (non-hydrogen) atoms. The summed E-state index contributed by atoms with van der Waals surface area (Å²) >= 11 is 7.24. The third-order valence-corrected chi connectivity index (χ3v) is 6.01. The Morgan fingerprint density at radius 2 is 1.93 bits per heavy atom. The van der Waals surface area contributed by atoms with Crippen molar-refractivity contribution < 1.29 is 13.2 Å². The van der Waals surface area contributed by atoms with Crippen molar-refractivity contribution in [3.05, 3.63) is 70.6 Å². The Kier molecular flexibility index (Phi) is 5.95. The summed E-state index contributed by atoms with van der Waals surface area (Å²) < 4.78 is 23.2. The molecule has 9 heteroatoms. The first-order valence-corrected chi connectivity index (χ1v) is 11.2. The van der Waals surface area contributed by atoms with E-state index in [4.69, 9.17) is 17.4 Å². The summed E-state index contributed by atoms with van der Waals surface area (Å²) in [7, 11) is -3.32. The van der Waals surface area contributed by atoms with Crippen molar-refractivity contribution in [3.8, 4) is 10.6 Å². The van der Waals surface area contributed by atoms with E-state index in [1.807, 2.05) is 12.1 Å². The topological polar surface area (TPSA) is 93.4 Å². The number of amides is 1. The second-order valence-corrected chi connectivity index (χ2v) is 9.21. The predicted octanol–water partition coefficient (Wildman–Crippen LogP) is 3.79. The third kappa shape index (κ3) is 4.85. The molecule has 2 N–H and O–H groups in total. The number of hydrazine groups is 1. The minimum atomic E-state index is -3.32. The van der Waals surface area contributed by atoms with Gasteiger partial charge in [-0.3, -0.25) is 4.79 Å². The number of thiazole rings is 1. The van der Waals surface area contributed by atoms with Gasteiger partial charge in [-0.25, -0.2) is 24.3 Å². The van der Waals surface area contributed by atoms with Gasteiger partial charge in [-0.2, -0.15) is 0 Å². The number of anilines is 1. The molecule has 1 heterocycles. The van der Waals surface area contributed by atoms with Gasteiger partial charge in [0.2, 0.25) is 0 Å². The third-order valence-electron chi connectivity index (χ3n) is 3.77. The maximum atomic E-state index is 12.3. The fourth-order valence-electron chi connectivity index (χ4n) is 2.31. The van der Waals surface area contributed by atoms with Crippen LogP contribution in [0.25, 0.3) is 16.6 Å². The summed E-state index contributed by atoms with van der Waals surface area (Å²) in [4.78, 5) is 16.9. The first kappa shape index (κ1) is 20.2. The number of carbonyl (C=O) groups is 1. The number of rotatable bonds is 5. The molecule has 6 nitrogen and oxygen atoms in total. The summed E-state index contributed by atoms with van der Waals surface area (Å²) in [5.41, 5.74) is 1.44. The lowest BCUT2D eigenvalue weighted by Crippen LogP contribution is -2.36. The molecule has 1 amide bonds. The van der Waals surface area contributed by atoms with Crippen molar-refractivity contribution in [1.29, 1.82) is 0 Å². The Balaban J connectivity index is 1.75. The molecule has 2 aromatic carbocycles. The Morgan fingerprint density at radius 3 is 2.61 bits per heavy atom. The molecular formula is C19H16ClN3O3S2. The van der Waals surface area contributed by atoms with E-state index in [1.165, 1.54) is 35.6 Å². The van der Waals surface area contributed by atoms with E-state index in [0.717, 1.165) is 16.8 Å². The van der Waals surface area contributed by atoms with Crippen molar-refractivity contribution in [2.75, 3.05) is 11.3 Å². The first-order chi connectivity index (χ1) is 13.2. The van der Waals surface area contributed by atoms with Crippen LogP contribution in [0.1, 0.15) is 5.56 Å². The number of halogens is 1. The molecule has 0 fully saturated rings. The second-order valence-electron chi connectivity index (χ2n) is 5.90. The average Bonchev–Trinajstić information content (AvgIpc) is 3.15. The SMILES string of the molecule is CS(=O)(=O)c1cccc(C=CC(=O)N(N)c2csc(-c3ccc(Cl)cc3)n2)c1. The van der Waals surface area contributed by atoms with E-state index in [0.29, 0.717) is 21.4 Å². The van der Waals surface area contributed by atoms with Crippen LogP contribution in [0.15, 0.2) is 64.9 Å². The molecular weight excluding hydrogens is 418 g/mol. The molecule has 0 aliphatic rings. The van der Waals surface area contributed by atoms with Crippen LogP contribution in [0, 0.1) is 0 Å². The fourth-order valence-corrected chi connectivity index (χ4v) is 3.91. The zero-order valence-electron chi connectivity index (χ0n) is 14.7. The van der Waals surface area contributed by atoms with Gasteiger partial charge >= 0.3 is 0 Å². The molecule has 0 saturated carbocycles. The molecule has 0 radical (unpaired) electrons. The van der Waals surface area contributed by atoms with Gasteiger partial charge in [-0.05, 0) is 35.9 Å². The lowest BCUT2D eigenvalue weighted by atomic mass is 10.2. The van der Waals surface area contributed by atoms with E-state index in [2.05, 4.69) is 4.98 Å². The normalized spacial score (nSPS) is 11.7. The summed E-state index contributed by atoms with van der Waals surface area (Å²) in [6.07, 6.45) is 3.90. The molecule has 3 aromatic rings. The number of sulfone groups is 1. The number of nitrogens with two attached hydrogens (primary N) is 1. The maximum absolute atomic E-state index is 12.3. The van der Waals surface area contributed by atoms with Crippen LogP contribution < -0.4 is 10.9 Å². The molecule has 0 aliphatic carbocycles. The van der Waals surface area contributed by atoms with Gasteiger partial charge in [0.1, 0.15) is 5.01 Å². The van der Waals surface area contributed by atoms with Crippen molar-refractivity contribution in [2.45, 2.75) is 4.90 Å². The standard InChI is InChI=1S/C19H16ClN3O3S2/c1-28(25,26)16-4-2-3-13(11-16)5-10-18(24)23(21)17-12-27-19(22-17)14-6-8-15(20)9-7-14/h2-12H,21H2,1H3. The summed E-state index contributed by atoms with van der Waals surface area (Å²) in [6, 6.07) is 13.5. The van der Waals surface area contributed by atoms with E-state index in [-0.39, 0.29) is 4.90 Å². The van der Waals surface area contributed by atoms with E-state index < -0.39 is 15.7 Å². The van der Waals surface area contributed by atoms with Crippen molar-refractivity contribution in [1.82, 2.24) is 4.98 Å². The highest BCUT2D eigenvalue weighted by Gasteiger charge is 2.14. The van der Waals surface area contributed by atoms with Gasteiger partial charge in [-0.1, -0.05) is 35.9 Å². The van der Waals surface area contributed by atoms with Gasteiger partial charge in [0.15, 0.2) is 15.7 Å². The minimum Gasteiger partial charge on any atom is -0.268 e. The molecule has 0 spiro atoms. The predicted molar refractivity (Wildman–Crippen MR) is 113 cm³/mol. The highest BCUT2D eigenvalue weighted by atomic mass is 35.5. The quantitative estimate of drug-likeness (QED) is 0.286. The Labute approximate surface area is 171 Å². The van der Waals surface area contributed by atoms with Crippen LogP contribution in [0.4, 0.5) is 5.82 Å². The van der Waals surface area contributed by atoms with Crippen LogP contribution >= 0.6 is 22.9 Å². The van der Waals surface area contributed by atoms with Gasteiger partial charge < -0.3 is 0 Å². The number of carbonyl (C=O) groups excluding carboxylic acids is 1. The molecule has 0 aliphatic heterocycles. The Morgan fingerprint density at radius 1 is 1.21 bits per heavy atom. The second kappa shape index (κ2) is 8.24. The van der Waals surface area contributed by atoms with Crippen molar-refractivity contribution >= 4 is 50.6 Å². The lowest BCUT2D eigenvalue weighted by molar-refractivity contribution is -0.114. The molecule has 0 unspecified atom stereocenters.